The minimum atomic E-state index is -4.20. The third-order valence-electron chi connectivity index (χ3n) is 4.45. The summed E-state index contributed by atoms with van der Waals surface area (Å²) in [5.74, 6) is 1.24. The predicted octanol–water partition coefficient (Wildman–Crippen LogP) is 3.05. The Bertz CT molecular complexity index is 381. The molecule has 4 atom stereocenters. The van der Waals surface area contributed by atoms with E-state index in [2.05, 4.69) is 41.9 Å². The zero-order valence-corrected chi connectivity index (χ0v) is 16.0. The van der Waals surface area contributed by atoms with Crippen LogP contribution in [0.4, 0.5) is 0 Å². The molecule has 0 N–H and O–H groups in total. The van der Waals surface area contributed by atoms with Gasteiger partial charge in [0.15, 0.2) is 0 Å². The molecule has 0 aromatic carbocycles. The number of quaternary nitrogens is 1. The van der Waals surface area contributed by atoms with Crippen molar-refractivity contribution in [1.29, 1.82) is 0 Å². The average molecular weight is 335 g/mol. The summed E-state index contributed by atoms with van der Waals surface area (Å²) in [7, 11) is 2.02. The van der Waals surface area contributed by atoms with Gasteiger partial charge in [-0.25, -0.2) is 0 Å². The zero-order valence-electron chi connectivity index (χ0n) is 15.1. The standard InChI is InChI=1S/C16H34NO4P/c1-13(2)15-9-8-14(3)12-16(15)21-22(18,19)20-11-7-10-17(4,5)6/h13-16H,7-12H2,1-6H3. The van der Waals surface area contributed by atoms with E-state index in [0.29, 0.717) is 24.2 Å². The zero-order chi connectivity index (χ0) is 17.0. The lowest BCUT2D eigenvalue weighted by Gasteiger charge is -2.39. The number of hydrogen-bond donors (Lipinski definition) is 0. The molecule has 0 bridgehead atoms. The van der Waals surface area contributed by atoms with Crippen molar-refractivity contribution < 1.29 is 23.0 Å². The van der Waals surface area contributed by atoms with E-state index in [9.17, 15) is 9.46 Å². The SMILES string of the molecule is CC1CCC(C(C)C)C(OP(=O)([O-])OCCC[N+](C)(C)C)C1. The first-order chi connectivity index (χ1) is 10.0. The van der Waals surface area contributed by atoms with E-state index in [1.165, 1.54) is 0 Å². The van der Waals surface area contributed by atoms with Crippen LogP contribution in [0.15, 0.2) is 0 Å². The molecule has 5 nitrogen and oxygen atoms in total. The van der Waals surface area contributed by atoms with Crippen LogP contribution in [-0.4, -0.2) is 44.9 Å². The van der Waals surface area contributed by atoms with Gasteiger partial charge in [-0.2, -0.15) is 0 Å². The molecule has 22 heavy (non-hydrogen) atoms. The highest BCUT2D eigenvalue weighted by molar-refractivity contribution is 7.45. The molecule has 0 saturated heterocycles. The lowest BCUT2D eigenvalue weighted by molar-refractivity contribution is -0.870. The number of hydrogen-bond acceptors (Lipinski definition) is 4. The van der Waals surface area contributed by atoms with Crippen molar-refractivity contribution in [3.63, 3.8) is 0 Å². The molecule has 0 radical (unpaired) electrons. The topological polar surface area (TPSA) is 58.6 Å². The van der Waals surface area contributed by atoms with Crippen LogP contribution < -0.4 is 4.89 Å². The van der Waals surface area contributed by atoms with Crippen molar-refractivity contribution >= 4 is 7.82 Å². The Hall–Kier alpha value is 0.0700. The Kier molecular flexibility index (Phi) is 7.55. The van der Waals surface area contributed by atoms with E-state index < -0.39 is 7.82 Å². The second kappa shape index (κ2) is 8.25. The highest BCUT2D eigenvalue weighted by Gasteiger charge is 2.34. The molecule has 132 valence electrons. The lowest BCUT2D eigenvalue weighted by atomic mass is 9.75. The number of phosphoric acid groups is 1. The summed E-state index contributed by atoms with van der Waals surface area (Å²) in [6, 6.07) is 0. The van der Waals surface area contributed by atoms with Crippen LogP contribution in [0.3, 0.4) is 0 Å². The average Bonchev–Trinajstić information content (AvgIpc) is 2.32. The third kappa shape index (κ3) is 7.56. The Balaban J connectivity index is 2.48. The maximum absolute atomic E-state index is 12.1. The summed E-state index contributed by atoms with van der Waals surface area (Å²) in [6.07, 6.45) is 3.46. The summed E-state index contributed by atoms with van der Waals surface area (Å²) >= 11 is 0. The van der Waals surface area contributed by atoms with Crippen LogP contribution in [0.1, 0.15) is 46.5 Å². The molecule has 1 rings (SSSR count). The maximum atomic E-state index is 12.1. The van der Waals surface area contributed by atoms with Gasteiger partial charge in [0.1, 0.15) is 0 Å². The largest absolute Gasteiger partial charge is 0.756 e. The van der Waals surface area contributed by atoms with Gasteiger partial charge in [0.05, 0.1) is 40.4 Å². The molecule has 1 aliphatic rings. The predicted molar refractivity (Wildman–Crippen MR) is 87.3 cm³/mol. The molecule has 1 aliphatic carbocycles. The first-order valence-electron chi connectivity index (χ1n) is 8.44. The maximum Gasteiger partial charge on any atom is 0.268 e. The van der Waals surface area contributed by atoms with E-state index >= 15 is 0 Å². The van der Waals surface area contributed by atoms with Gasteiger partial charge in [-0.1, -0.05) is 27.2 Å². The Morgan fingerprint density at radius 2 is 1.91 bits per heavy atom. The van der Waals surface area contributed by atoms with E-state index in [-0.39, 0.29) is 12.7 Å². The fraction of sp³-hybridized carbons (Fsp3) is 1.00. The van der Waals surface area contributed by atoms with Crippen molar-refractivity contribution in [3.05, 3.63) is 0 Å². The van der Waals surface area contributed by atoms with Crippen molar-refractivity contribution in [3.8, 4) is 0 Å². The molecule has 0 amide bonds. The van der Waals surface area contributed by atoms with Gasteiger partial charge in [0.25, 0.3) is 7.82 Å². The monoisotopic (exact) mass is 335 g/mol. The van der Waals surface area contributed by atoms with Crippen molar-refractivity contribution in [2.75, 3.05) is 34.3 Å². The van der Waals surface area contributed by atoms with Crippen LogP contribution in [0.5, 0.6) is 0 Å². The van der Waals surface area contributed by atoms with Gasteiger partial charge < -0.3 is 18.4 Å². The van der Waals surface area contributed by atoms with Crippen LogP contribution in [0.2, 0.25) is 0 Å². The van der Waals surface area contributed by atoms with Crippen LogP contribution >= 0.6 is 7.82 Å². The second-order valence-corrected chi connectivity index (χ2v) is 9.48. The van der Waals surface area contributed by atoms with Gasteiger partial charge >= 0.3 is 0 Å². The molecule has 0 aromatic rings. The summed E-state index contributed by atoms with van der Waals surface area (Å²) < 4.78 is 23.4. The van der Waals surface area contributed by atoms with Crippen LogP contribution in [0.25, 0.3) is 0 Å². The molecule has 4 unspecified atom stereocenters. The second-order valence-electron chi connectivity index (χ2n) is 8.12. The summed E-state index contributed by atoms with van der Waals surface area (Å²) in [5, 5.41) is 0. The molecule has 0 spiro atoms. The Morgan fingerprint density at radius 3 is 2.45 bits per heavy atom. The Labute approximate surface area is 136 Å². The van der Waals surface area contributed by atoms with E-state index in [1.807, 2.05) is 0 Å². The van der Waals surface area contributed by atoms with Crippen molar-refractivity contribution in [2.45, 2.75) is 52.6 Å². The Morgan fingerprint density at radius 1 is 1.27 bits per heavy atom. The summed E-state index contributed by atoms with van der Waals surface area (Å²) in [6.45, 7) is 7.49. The number of rotatable bonds is 8. The third-order valence-corrected chi connectivity index (χ3v) is 5.48. The van der Waals surface area contributed by atoms with Crippen molar-refractivity contribution in [1.82, 2.24) is 0 Å². The van der Waals surface area contributed by atoms with Crippen LogP contribution in [-0.2, 0) is 13.6 Å². The molecular formula is C16H34NO4P. The highest BCUT2D eigenvalue weighted by Crippen LogP contribution is 2.46. The van der Waals surface area contributed by atoms with Crippen molar-refractivity contribution in [2.24, 2.45) is 17.8 Å². The summed E-state index contributed by atoms with van der Waals surface area (Å²) in [5.41, 5.74) is 0. The van der Waals surface area contributed by atoms with Gasteiger partial charge in [-0.05, 0) is 30.6 Å². The van der Waals surface area contributed by atoms with Gasteiger partial charge in [-0.15, -0.1) is 0 Å². The lowest BCUT2D eigenvalue weighted by Crippen LogP contribution is -2.36. The number of phosphoric ester groups is 1. The molecule has 0 aromatic heterocycles. The minimum Gasteiger partial charge on any atom is -0.756 e. The van der Waals surface area contributed by atoms with E-state index in [4.69, 9.17) is 9.05 Å². The van der Waals surface area contributed by atoms with Gasteiger partial charge in [-0.3, -0.25) is 4.57 Å². The highest BCUT2D eigenvalue weighted by atomic mass is 31.2. The van der Waals surface area contributed by atoms with E-state index in [0.717, 1.165) is 30.3 Å². The molecule has 1 saturated carbocycles. The smallest absolute Gasteiger partial charge is 0.268 e. The van der Waals surface area contributed by atoms with Crippen LogP contribution in [0, 0.1) is 17.8 Å². The summed E-state index contributed by atoms with van der Waals surface area (Å²) in [4.78, 5) is 12.1. The minimum absolute atomic E-state index is 0.199. The fourth-order valence-electron chi connectivity index (χ4n) is 3.15. The molecule has 6 heteroatoms. The van der Waals surface area contributed by atoms with Gasteiger partial charge in [0.2, 0.25) is 0 Å². The molecule has 1 fully saturated rings. The number of nitrogens with zero attached hydrogens (tertiary/aromatic N) is 1. The molecular weight excluding hydrogens is 301 g/mol. The fourth-order valence-corrected chi connectivity index (χ4v) is 4.14. The first-order valence-corrected chi connectivity index (χ1v) is 9.90. The van der Waals surface area contributed by atoms with E-state index in [1.54, 1.807) is 0 Å². The normalized spacial score (nSPS) is 29.5. The quantitative estimate of drug-likeness (QED) is 0.389. The molecule has 0 aliphatic heterocycles. The molecule has 0 heterocycles. The first kappa shape index (κ1) is 20.1. The van der Waals surface area contributed by atoms with Gasteiger partial charge in [0, 0.05) is 6.42 Å².